The van der Waals surface area contributed by atoms with Crippen LogP contribution in [0.4, 0.5) is 11.4 Å². The number of benzene rings is 6. The Bertz CT molecular complexity index is 1740. The highest BCUT2D eigenvalue weighted by Gasteiger charge is 2.36. The second-order valence-corrected chi connectivity index (χ2v) is 9.76. The molecule has 6 aromatic carbocycles. The van der Waals surface area contributed by atoms with Gasteiger partial charge >= 0.3 is 0 Å². The van der Waals surface area contributed by atoms with Crippen molar-refractivity contribution in [2.45, 2.75) is 18.9 Å². The van der Waals surface area contributed by atoms with Gasteiger partial charge in [-0.25, -0.2) is 0 Å². The van der Waals surface area contributed by atoms with Crippen LogP contribution in [0, 0.1) is 0 Å². The summed E-state index contributed by atoms with van der Waals surface area (Å²) in [6.07, 6.45) is 2.29. The summed E-state index contributed by atoms with van der Waals surface area (Å²) in [4.78, 5) is 2.58. The third-order valence-corrected chi connectivity index (χ3v) is 7.95. The van der Waals surface area contributed by atoms with Gasteiger partial charge < -0.3 is 4.90 Å². The summed E-state index contributed by atoms with van der Waals surface area (Å²) in [6.45, 7) is 0. The maximum Gasteiger partial charge on any atom is 0.0453 e. The van der Waals surface area contributed by atoms with E-state index in [-0.39, 0.29) is 0 Å². The Balaban J connectivity index is 1.34. The molecule has 6 aromatic rings. The van der Waals surface area contributed by atoms with Gasteiger partial charge in [-0.3, -0.25) is 0 Å². The average Bonchev–Trinajstić information content (AvgIpc) is 3.44. The molecule has 2 heterocycles. The van der Waals surface area contributed by atoms with E-state index in [9.17, 15) is 0 Å². The molecule has 1 atom stereocenters. The molecule has 0 saturated heterocycles. The molecular weight excluding hydrogens is 410 g/mol. The molecule has 0 spiro atoms. The van der Waals surface area contributed by atoms with Gasteiger partial charge in [-0.2, -0.15) is 0 Å². The van der Waals surface area contributed by atoms with Crippen molar-refractivity contribution in [1.29, 1.82) is 0 Å². The lowest BCUT2D eigenvalue weighted by Crippen LogP contribution is -2.22. The van der Waals surface area contributed by atoms with Crippen molar-refractivity contribution in [3.63, 3.8) is 0 Å². The van der Waals surface area contributed by atoms with Crippen molar-refractivity contribution in [3.8, 4) is 11.1 Å². The minimum absolute atomic E-state index is 0.564. The molecule has 0 bridgehead atoms. The van der Waals surface area contributed by atoms with Gasteiger partial charge in [-0.1, -0.05) is 91.0 Å². The smallest absolute Gasteiger partial charge is 0.0453 e. The first kappa shape index (κ1) is 18.3. The minimum Gasteiger partial charge on any atom is -0.337 e. The highest BCUT2D eigenvalue weighted by molar-refractivity contribution is 6.25. The number of nitrogens with zero attached hydrogens (tertiary/aromatic N) is 1. The summed E-state index contributed by atoms with van der Waals surface area (Å²) in [5, 5.41) is 7.97. The van der Waals surface area contributed by atoms with Crippen LogP contribution in [-0.2, 0) is 12.8 Å². The molecule has 0 N–H and O–H groups in total. The molecular formula is C33H23N. The minimum atomic E-state index is 0.564. The van der Waals surface area contributed by atoms with Crippen molar-refractivity contribution in [2.75, 3.05) is 4.90 Å². The van der Waals surface area contributed by atoms with E-state index in [2.05, 4.69) is 114 Å². The number of hydrogen-bond donors (Lipinski definition) is 0. The normalized spacial score (nSPS) is 16.2. The maximum atomic E-state index is 2.58. The van der Waals surface area contributed by atoms with E-state index in [4.69, 9.17) is 0 Å². The molecule has 0 radical (unpaired) electrons. The summed E-state index contributed by atoms with van der Waals surface area (Å²) in [7, 11) is 0. The molecule has 160 valence electrons. The van der Waals surface area contributed by atoms with Gasteiger partial charge in [0.2, 0.25) is 0 Å². The predicted molar refractivity (Wildman–Crippen MR) is 144 cm³/mol. The number of para-hydroxylation sites is 1. The molecule has 2 aliphatic rings. The Kier molecular flexibility index (Phi) is 3.62. The summed E-state index contributed by atoms with van der Waals surface area (Å²) < 4.78 is 0. The van der Waals surface area contributed by atoms with Gasteiger partial charge in [0, 0.05) is 17.4 Å². The fourth-order valence-corrected chi connectivity index (χ4v) is 6.43. The Morgan fingerprint density at radius 1 is 0.441 bits per heavy atom. The number of fused-ring (bicyclic) bond motifs is 11. The van der Waals surface area contributed by atoms with Crippen LogP contribution in [0.15, 0.2) is 109 Å². The van der Waals surface area contributed by atoms with Crippen LogP contribution < -0.4 is 4.90 Å². The quantitative estimate of drug-likeness (QED) is 0.235. The van der Waals surface area contributed by atoms with Gasteiger partial charge in [0.15, 0.2) is 0 Å². The SMILES string of the molecule is c1ccc2c(c1)CC1Cc3ccc(-c4ccc5c6ccccc6c6ccccc6c5c4)cc3N21. The van der Waals surface area contributed by atoms with Crippen molar-refractivity contribution in [2.24, 2.45) is 0 Å². The maximum absolute atomic E-state index is 2.58. The average molecular weight is 434 g/mol. The molecule has 0 amide bonds. The molecule has 0 saturated carbocycles. The van der Waals surface area contributed by atoms with E-state index < -0.39 is 0 Å². The second kappa shape index (κ2) is 6.71. The van der Waals surface area contributed by atoms with E-state index in [1.807, 2.05) is 0 Å². The molecule has 0 fully saturated rings. The highest BCUT2D eigenvalue weighted by Crippen LogP contribution is 2.47. The van der Waals surface area contributed by atoms with Crippen LogP contribution in [0.1, 0.15) is 11.1 Å². The van der Waals surface area contributed by atoms with E-state index in [1.165, 1.54) is 65.9 Å². The standard InChI is InChI=1S/C33H23N/c1-6-12-32-23(7-1)17-25-18-24-14-13-22(20-33(24)34(25)32)21-15-16-30-28-10-3-2-8-26(28)27-9-4-5-11-29(27)31(30)19-21/h1-16,19-20,25H,17-18H2. The fraction of sp³-hybridized carbons (Fsp3) is 0.0909. The van der Waals surface area contributed by atoms with Crippen molar-refractivity contribution < 1.29 is 0 Å². The zero-order chi connectivity index (χ0) is 22.2. The molecule has 34 heavy (non-hydrogen) atoms. The summed E-state index contributed by atoms with van der Waals surface area (Å²) in [6, 6.07) is 41.2. The van der Waals surface area contributed by atoms with Crippen LogP contribution in [0.2, 0.25) is 0 Å². The summed E-state index contributed by atoms with van der Waals surface area (Å²) in [5.41, 5.74) is 8.30. The fourth-order valence-electron chi connectivity index (χ4n) is 6.43. The first-order valence-corrected chi connectivity index (χ1v) is 12.2. The lowest BCUT2D eigenvalue weighted by atomic mass is 9.92. The Morgan fingerprint density at radius 2 is 0.971 bits per heavy atom. The van der Waals surface area contributed by atoms with Crippen LogP contribution in [0.3, 0.4) is 0 Å². The topological polar surface area (TPSA) is 3.24 Å². The molecule has 2 aliphatic heterocycles. The van der Waals surface area contributed by atoms with Crippen LogP contribution in [0.25, 0.3) is 43.4 Å². The molecule has 0 aliphatic carbocycles. The zero-order valence-corrected chi connectivity index (χ0v) is 18.8. The largest absolute Gasteiger partial charge is 0.337 e. The first-order valence-electron chi connectivity index (χ1n) is 12.2. The first-order chi connectivity index (χ1) is 16.8. The van der Waals surface area contributed by atoms with E-state index in [1.54, 1.807) is 0 Å². The predicted octanol–water partition coefficient (Wildman–Crippen LogP) is 8.43. The number of rotatable bonds is 1. The van der Waals surface area contributed by atoms with E-state index in [0.717, 1.165) is 12.8 Å². The summed E-state index contributed by atoms with van der Waals surface area (Å²) >= 11 is 0. The Hall–Kier alpha value is -4.10. The van der Waals surface area contributed by atoms with Crippen LogP contribution in [0.5, 0.6) is 0 Å². The van der Waals surface area contributed by atoms with Crippen LogP contribution >= 0.6 is 0 Å². The molecule has 1 nitrogen and oxygen atoms in total. The molecule has 0 aromatic heterocycles. The van der Waals surface area contributed by atoms with Gasteiger partial charge in [-0.05, 0) is 85.6 Å². The van der Waals surface area contributed by atoms with Crippen molar-refractivity contribution >= 4 is 43.7 Å². The van der Waals surface area contributed by atoms with Crippen molar-refractivity contribution in [3.05, 3.63) is 120 Å². The van der Waals surface area contributed by atoms with Crippen molar-refractivity contribution in [1.82, 2.24) is 0 Å². The van der Waals surface area contributed by atoms with Crippen LogP contribution in [-0.4, -0.2) is 6.04 Å². The van der Waals surface area contributed by atoms with Gasteiger partial charge in [0.05, 0.1) is 0 Å². The second-order valence-electron chi connectivity index (χ2n) is 9.76. The molecule has 1 unspecified atom stereocenters. The molecule has 1 heteroatoms. The molecule has 8 rings (SSSR count). The third kappa shape index (κ3) is 2.44. The number of hydrogen-bond acceptors (Lipinski definition) is 1. The van der Waals surface area contributed by atoms with E-state index in [0.29, 0.717) is 6.04 Å². The van der Waals surface area contributed by atoms with Gasteiger partial charge in [-0.15, -0.1) is 0 Å². The highest BCUT2D eigenvalue weighted by atomic mass is 15.2. The lowest BCUT2D eigenvalue weighted by molar-refractivity contribution is 0.725. The number of anilines is 2. The lowest BCUT2D eigenvalue weighted by Gasteiger charge is -2.21. The van der Waals surface area contributed by atoms with E-state index >= 15 is 0 Å². The monoisotopic (exact) mass is 433 g/mol. The third-order valence-electron chi connectivity index (χ3n) is 7.95. The van der Waals surface area contributed by atoms with Gasteiger partial charge in [0.1, 0.15) is 0 Å². The Morgan fingerprint density at radius 3 is 1.71 bits per heavy atom. The zero-order valence-electron chi connectivity index (χ0n) is 18.8. The summed E-state index contributed by atoms with van der Waals surface area (Å²) in [5.74, 6) is 0. The Labute approximate surface area is 198 Å². The van der Waals surface area contributed by atoms with Gasteiger partial charge in [0.25, 0.3) is 0 Å².